The second kappa shape index (κ2) is 6.20. The van der Waals surface area contributed by atoms with Crippen molar-refractivity contribution in [1.82, 2.24) is 13.5 Å². The van der Waals surface area contributed by atoms with Crippen LogP contribution >= 0.6 is 15.9 Å². The van der Waals surface area contributed by atoms with E-state index in [9.17, 15) is 16.8 Å². The van der Waals surface area contributed by atoms with Crippen LogP contribution in [-0.2, 0) is 20.0 Å². The normalized spacial score (nSPS) is 12.8. The molecule has 10 heteroatoms. The lowest BCUT2D eigenvalue weighted by atomic mass is 10.3. The molecule has 2 aromatic carbocycles. The number of sulfonamides is 1. The van der Waals surface area contributed by atoms with E-state index in [0.29, 0.717) is 10.9 Å². The maximum absolute atomic E-state index is 12.8. The van der Waals surface area contributed by atoms with Crippen molar-refractivity contribution in [3.63, 3.8) is 0 Å². The van der Waals surface area contributed by atoms with Gasteiger partial charge >= 0.3 is 0 Å². The van der Waals surface area contributed by atoms with Gasteiger partial charge in [-0.15, -0.1) is 0 Å². The summed E-state index contributed by atoms with van der Waals surface area (Å²) in [5.41, 5.74) is 0.430. The first-order chi connectivity index (χ1) is 11.7. The maximum atomic E-state index is 12.8. The molecule has 0 spiro atoms. The third kappa shape index (κ3) is 2.99. The summed E-state index contributed by atoms with van der Waals surface area (Å²) in [4.78, 5) is -0.0281. The first-order valence-corrected chi connectivity index (χ1v) is 10.7. The summed E-state index contributed by atoms with van der Waals surface area (Å²) in [5, 5.41) is 4.64. The van der Waals surface area contributed by atoms with Crippen molar-refractivity contribution in [1.29, 1.82) is 0 Å². The first-order valence-electron chi connectivity index (χ1n) is 7.06. The average Bonchev–Trinajstić information content (AvgIpc) is 3.01. The van der Waals surface area contributed by atoms with E-state index in [4.69, 9.17) is 0 Å². The Morgan fingerprint density at radius 2 is 1.56 bits per heavy atom. The Labute approximate surface area is 154 Å². The molecule has 0 N–H and O–H groups in total. The quantitative estimate of drug-likeness (QED) is 0.616. The molecular weight excluding hydrogens is 430 g/mol. The van der Waals surface area contributed by atoms with Crippen LogP contribution in [0, 0.1) is 0 Å². The van der Waals surface area contributed by atoms with Crippen molar-refractivity contribution >= 4 is 46.9 Å². The number of nitrogens with zero attached hydrogens (tertiary/aromatic N) is 3. The third-order valence-corrected chi connectivity index (χ3v) is 7.79. The van der Waals surface area contributed by atoms with Gasteiger partial charge < -0.3 is 0 Å². The molecule has 0 atom stereocenters. The number of aromatic nitrogens is 2. The summed E-state index contributed by atoms with van der Waals surface area (Å²) in [5.74, 6) is 0. The predicted molar refractivity (Wildman–Crippen MR) is 97.3 cm³/mol. The first kappa shape index (κ1) is 18.1. The van der Waals surface area contributed by atoms with E-state index in [0.717, 1.165) is 12.9 Å². The summed E-state index contributed by atoms with van der Waals surface area (Å²) < 4.78 is 52.6. The highest BCUT2D eigenvalue weighted by Gasteiger charge is 2.23. The largest absolute Gasteiger partial charge is 0.283 e. The highest BCUT2D eigenvalue weighted by molar-refractivity contribution is 9.10. The van der Waals surface area contributed by atoms with Crippen molar-refractivity contribution in [2.75, 3.05) is 14.1 Å². The molecule has 3 aromatic rings. The molecule has 0 unspecified atom stereocenters. The molecule has 0 radical (unpaired) electrons. The van der Waals surface area contributed by atoms with Gasteiger partial charge in [-0.1, -0.05) is 22.0 Å². The van der Waals surface area contributed by atoms with Crippen LogP contribution in [0.15, 0.2) is 62.9 Å². The van der Waals surface area contributed by atoms with E-state index < -0.39 is 20.0 Å². The lowest BCUT2D eigenvalue weighted by Gasteiger charge is -2.12. The second-order valence-corrected chi connectivity index (χ2v) is 10.2. The molecule has 7 nitrogen and oxygen atoms in total. The van der Waals surface area contributed by atoms with Gasteiger partial charge in [0.1, 0.15) is 0 Å². The number of rotatable bonds is 4. The molecule has 1 aromatic heterocycles. The molecule has 3 rings (SSSR count). The predicted octanol–water partition coefficient (Wildman–Crippen LogP) is 2.29. The molecule has 0 aliphatic rings. The van der Waals surface area contributed by atoms with Crippen molar-refractivity contribution < 1.29 is 16.8 Å². The van der Waals surface area contributed by atoms with E-state index in [1.807, 2.05) is 0 Å². The van der Waals surface area contributed by atoms with Crippen LogP contribution < -0.4 is 0 Å². The Balaban J connectivity index is 2.10. The summed E-state index contributed by atoms with van der Waals surface area (Å²) >= 11 is 3.36. The maximum Gasteiger partial charge on any atom is 0.283 e. The average molecular weight is 444 g/mol. The van der Waals surface area contributed by atoms with E-state index in [1.165, 1.54) is 44.6 Å². The smallest absolute Gasteiger partial charge is 0.207 e. The van der Waals surface area contributed by atoms with Crippen LogP contribution in [-0.4, -0.2) is 44.4 Å². The Kier molecular flexibility index (Phi) is 4.48. The van der Waals surface area contributed by atoms with Gasteiger partial charge in [-0.25, -0.2) is 12.7 Å². The fourth-order valence-corrected chi connectivity index (χ4v) is 4.91. The van der Waals surface area contributed by atoms with Gasteiger partial charge in [0.2, 0.25) is 10.0 Å². The molecule has 0 bridgehead atoms. The Morgan fingerprint density at radius 3 is 2.16 bits per heavy atom. The van der Waals surface area contributed by atoms with Crippen LogP contribution in [0.4, 0.5) is 0 Å². The van der Waals surface area contributed by atoms with Crippen molar-refractivity contribution in [2.24, 2.45) is 0 Å². The van der Waals surface area contributed by atoms with Crippen LogP contribution in [0.5, 0.6) is 0 Å². The molecule has 0 aliphatic carbocycles. The van der Waals surface area contributed by atoms with Gasteiger partial charge in [-0.3, -0.25) is 0 Å². The fourth-order valence-electron chi connectivity index (χ4n) is 2.28. The summed E-state index contributed by atoms with van der Waals surface area (Å²) in [6.07, 6.45) is 1.46. The molecule has 1 heterocycles. The Hall–Kier alpha value is -1.75. The zero-order valence-corrected chi connectivity index (χ0v) is 16.5. The lowest BCUT2D eigenvalue weighted by Crippen LogP contribution is -2.22. The molecular formula is C15H14BrN3O4S2. The molecule has 0 amide bonds. The van der Waals surface area contributed by atoms with Gasteiger partial charge in [-0.2, -0.15) is 17.6 Å². The minimum Gasteiger partial charge on any atom is -0.207 e. The third-order valence-electron chi connectivity index (χ3n) is 3.66. The van der Waals surface area contributed by atoms with E-state index in [1.54, 1.807) is 18.2 Å². The lowest BCUT2D eigenvalue weighted by molar-refractivity contribution is 0.520. The highest BCUT2D eigenvalue weighted by Crippen LogP contribution is 2.26. The SMILES string of the molecule is CN(C)S(=O)(=O)c1ccc(S(=O)(=O)n2ncc3c(Br)cccc32)cc1. The van der Waals surface area contributed by atoms with E-state index >= 15 is 0 Å². The summed E-state index contributed by atoms with van der Waals surface area (Å²) in [6, 6.07) is 10.2. The van der Waals surface area contributed by atoms with Gasteiger partial charge in [0.25, 0.3) is 10.0 Å². The Bertz CT molecular complexity index is 1150. The topological polar surface area (TPSA) is 89.3 Å². The van der Waals surface area contributed by atoms with Crippen molar-refractivity contribution in [3.8, 4) is 0 Å². The van der Waals surface area contributed by atoms with Crippen LogP contribution in [0.1, 0.15) is 0 Å². The Morgan fingerprint density at radius 1 is 0.960 bits per heavy atom. The zero-order chi connectivity index (χ0) is 18.4. The molecule has 0 aliphatic heterocycles. The van der Waals surface area contributed by atoms with Gasteiger partial charge in [0.05, 0.1) is 21.5 Å². The van der Waals surface area contributed by atoms with Gasteiger partial charge in [0, 0.05) is 24.0 Å². The highest BCUT2D eigenvalue weighted by atomic mass is 79.9. The second-order valence-electron chi connectivity index (χ2n) is 5.42. The minimum absolute atomic E-state index is 0.0181. The van der Waals surface area contributed by atoms with Crippen molar-refractivity contribution in [2.45, 2.75) is 9.79 Å². The number of fused-ring (bicyclic) bond motifs is 1. The van der Waals surface area contributed by atoms with Crippen LogP contribution in [0.2, 0.25) is 0 Å². The number of halogens is 1. The molecule has 25 heavy (non-hydrogen) atoms. The molecule has 0 saturated heterocycles. The van der Waals surface area contributed by atoms with E-state index in [-0.39, 0.29) is 9.79 Å². The van der Waals surface area contributed by atoms with Gasteiger partial charge in [-0.05, 0) is 36.4 Å². The van der Waals surface area contributed by atoms with E-state index in [2.05, 4.69) is 21.0 Å². The monoisotopic (exact) mass is 443 g/mol. The number of benzene rings is 2. The molecule has 0 saturated carbocycles. The minimum atomic E-state index is -3.95. The van der Waals surface area contributed by atoms with Gasteiger partial charge in [0.15, 0.2) is 0 Å². The van der Waals surface area contributed by atoms with Crippen LogP contribution in [0.3, 0.4) is 0 Å². The zero-order valence-electron chi connectivity index (χ0n) is 13.3. The number of hydrogen-bond donors (Lipinski definition) is 0. The van der Waals surface area contributed by atoms with Crippen LogP contribution in [0.25, 0.3) is 10.9 Å². The fraction of sp³-hybridized carbons (Fsp3) is 0.133. The van der Waals surface area contributed by atoms with Crippen molar-refractivity contribution in [3.05, 3.63) is 53.1 Å². The molecule has 132 valence electrons. The summed E-state index contributed by atoms with van der Waals surface area (Å²) in [6.45, 7) is 0. The molecule has 0 fully saturated rings. The number of hydrogen-bond acceptors (Lipinski definition) is 5. The summed E-state index contributed by atoms with van der Waals surface area (Å²) in [7, 11) is -4.75. The standard InChI is InChI=1S/C15H14BrN3O4S2/c1-18(2)24(20,21)11-6-8-12(9-7-11)25(22,23)19-15-5-3-4-14(16)13(15)10-17-19/h3-10H,1-2H3.